The van der Waals surface area contributed by atoms with E-state index in [1.54, 1.807) is 18.2 Å². The first-order chi connectivity index (χ1) is 8.99. The summed E-state index contributed by atoms with van der Waals surface area (Å²) < 4.78 is 0. The summed E-state index contributed by atoms with van der Waals surface area (Å²) in [5.41, 5.74) is 0.339. The van der Waals surface area contributed by atoms with Crippen molar-refractivity contribution in [2.24, 2.45) is 5.92 Å². The number of aliphatic carboxylic acids is 1. The molecule has 1 saturated carbocycles. The molecule has 0 aromatic heterocycles. The number of benzene rings is 1. The molecule has 1 aliphatic rings. The molecule has 2 amide bonds. The van der Waals surface area contributed by atoms with Crippen LogP contribution in [0.25, 0.3) is 0 Å². The van der Waals surface area contributed by atoms with Gasteiger partial charge in [-0.05, 0) is 30.9 Å². The Morgan fingerprint density at radius 2 is 2.00 bits per heavy atom. The van der Waals surface area contributed by atoms with Crippen LogP contribution in [-0.4, -0.2) is 23.1 Å². The van der Waals surface area contributed by atoms with Crippen molar-refractivity contribution in [1.82, 2.24) is 5.32 Å². The molecule has 1 unspecified atom stereocenters. The average Bonchev–Trinajstić information content (AvgIpc) is 3.16. The first-order valence-corrected chi connectivity index (χ1v) is 6.49. The molecule has 0 spiro atoms. The third-order valence-corrected chi connectivity index (χ3v) is 3.66. The quantitative estimate of drug-likeness (QED) is 0.800. The maximum Gasteiger partial charge on any atom is 0.326 e. The molecule has 0 saturated heterocycles. The monoisotopic (exact) mass is 302 g/mol. The number of carboxylic acid groups (broad SMARTS) is 1. The summed E-state index contributed by atoms with van der Waals surface area (Å²) in [6, 6.07) is 3.35. The number of amides is 2. The lowest BCUT2D eigenvalue weighted by molar-refractivity contribution is -0.139. The summed E-state index contributed by atoms with van der Waals surface area (Å²) in [6.45, 7) is 0. The number of anilines is 1. The molecule has 1 fully saturated rings. The van der Waals surface area contributed by atoms with Crippen LogP contribution < -0.4 is 10.6 Å². The SMILES string of the molecule is O=C(Nc1cccc(Cl)c1Cl)NC(C(=O)O)C1CC1. The molecule has 0 radical (unpaired) electrons. The van der Waals surface area contributed by atoms with Crippen LogP contribution in [0.5, 0.6) is 0 Å². The number of hydrogen-bond donors (Lipinski definition) is 3. The first kappa shape index (κ1) is 14.0. The number of urea groups is 1. The molecule has 1 aromatic rings. The maximum absolute atomic E-state index is 11.7. The fourth-order valence-corrected chi connectivity index (χ4v) is 2.06. The Bertz CT molecular complexity index is 518. The van der Waals surface area contributed by atoms with E-state index in [0.717, 1.165) is 12.8 Å². The van der Waals surface area contributed by atoms with Crippen LogP contribution >= 0.6 is 23.2 Å². The molecule has 2 rings (SSSR count). The van der Waals surface area contributed by atoms with Crippen molar-refractivity contribution < 1.29 is 14.7 Å². The van der Waals surface area contributed by atoms with E-state index in [1.807, 2.05) is 0 Å². The Kier molecular flexibility index (Phi) is 4.17. The van der Waals surface area contributed by atoms with Gasteiger partial charge in [-0.2, -0.15) is 0 Å². The Hall–Kier alpha value is -1.46. The van der Waals surface area contributed by atoms with Crippen LogP contribution in [0.2, 0.25) is 10.0 Å². The highest BCUT2D eigenvalue weighted by Crippen LogP contribution is 2.33. The summed E-state index contributed by atoms with van der Waals surface area (Å²) in [5.74, 6) is -1.02. The molecule has 0 bridgehead atoms. The lowest BCUT2D eigenvalue weighted by atomic mass is 10.2. The molecule has 3 N–H and O–H groups in total. The van der Waals surface area contributed by atoms with Gasteiger partial charge < -0.3 is 15.7 Å². The van der Waals surface area contributed by atoms with Gasteiger partial charge in [-0.1, -0.05) is 29.3 Å². The smallest absolute Gasteiger partial charge is 0.326 e. The third-order valence-electron chi connectivity index (χ3n) is 2.85. The molecular formula is C12H12Cl2N2O3. The second-order valence-corrected chi connectivity index (χ2v) is 5.14. The normalized spacial score (nSPS) is 15.7. The van der Waals surface area contributed by atoms with Gasteiger partial charge in [-0.25, -0.2) is 9.59 Å². The van der Waals surface area contributed by atoms with Gasteiger partial charge in [-0.3, -0.25) is 0 Å². The van der Waals surface area contributed by atoms with Gasteiger partial charge in [0.2, 0.25) is 0 Å². The lowest BCUT2D eigenvalue weighted by Gasteiger charge is -2.15. The number of hydrogen-bond acceptors (Lipinski definition) is 2. The molecule has 0 heterocycles. The van der Waals surface area contributed by atoms with Gasteiger partial charge in [0.05, 0.1) is 15.7 Å². The molecule has 19 heavy (non-hydrogen) atoms. The zero-order valence-electron chi connectivity index (χ0n) is 9.82. The van der Waals surface area contributed by atoms with E-state index in [2.05, 4.69) is 10.6 Å². The number of carbonyl (C=O) groups is 2. The molecule has 1 aliphatic carbocycles. The summed E-state index contributed by atoms with van der Waals surface area (Å²) in [7, 11) is 0. The van der Waals surface area contributed by atoms with E-state index in [4.69, 9.17) is 28.3 Å². The van der Waals surface area contributed by atoms with E-state index in [9.17, 15) is 9.59 Å². The van der Waals surface area contributed by atoms with Crippen LogP contribution in [0, 0.1) is 5.92 Å². The van der Waals surface area contributed by atoms with Crippen LogP contribution in [0.1, 0.15) is 12.8 Å². The molecular weight excluding hydrogens is 291 g/mol. The van der Waals surface area contributed by atoms with Gasteiger partial charge in [0.1, 0.15) is 6.04 Å². The average molecular weight is 303 g/mol. The van der Waals surface area contributed by atoms with Gasteiger partial charge in [0.25, 0.3) is 0 Å². The van der Waals surface area contributed by atoms with E-state index in [-0.39, 0.29) is 10.9 Å². The topological polar surface area (TPSA) is 78.4 Å². The van der Waals surface area contributed by atoms with Crippen LogP contribution in [0.15, 0.2) is 18.2 Å². The number of nitrogens with one attached hydrogen (secondary N) is 2. The minimum absolute atomic E-state index is 0.0121. The van der Waals surface area contributed by atoms with Gasteiger partial charge in [0, 0.05) is 0 Å². The summed E-state index contributed by atoms with van der Waals surface area (Å²) >= 11 is 11.7. The standard InChI is InChI=1S/C12H12Cl2N2O3/c13-7-2-1-3-8(9(7)14)15-12(19)16-10(11(17)18)6-4-5-6/h1-3,6,10H,4-5H2,(H,17,18)(H2,15,16,19). The zero-order chi connectivity index (χ0) is 14.0. The molecule has 5 nitrogen and oxygen atoms in total. The van der Waals surface area contributed by atoms with Gasteiger partial charge >= 0.3 is 12.0 Å². The highest BCUT2D eigenvalue weighted by Gasteiger charge is 2.37. The van der Waals surface area contributed by atoms with Gasteiger partial charge in [0.15, 0.2) is 0 Å². The van der Waals surface area contributed by atoms with Crippen molar-refractivity contribution in [1.29, 1.82) is 0 Å². The molecule has 102 valence electrons. The molecule has 1 atom stereocenters. The predicted octanol–water partition coefficient (Wildman–Crippen LogP) is 2.98. The van der Waals surface area contributed by atoms with Crippen molar-refractivity contribution in [2.75, 3.05) is 5.32 Å². The Labute approximate surface area is 119 Å². The zero-order valence-corrected chi connectivity index (χ0v) is 11.3. The van der Waals surface area contributed by atoms with Crippen molar-refractivity contribution in [2.45, 2.75) is 18.9 Å². The predicted molar refractivity (Wildman–Crippen MR) is 72.8 cm³/mol. The summed E-state index contributed by atoms with van der Waals surface area (Å²) in [4.78, 5) is 22.7. The molecule has 1 aromatic carbocycles. The second-order valence-electron chi connectivity index (χ2n) is 4.35. The highest BCUT2D eigenvalue weighted by atomic mass is 35.5. The lowest BCUT2D eigenvalue weighted by Crippen LogP contribution is -2.44. The van der Waals surface area contributed by atoms with Crippen molar-refractivity contribution >= 4 is 40.9 Å². The second kappa shape index (κ2) is 5.67. The summed E-state index contributed by atoms with van der Waals surface area (Å²) in [6.07, 6.45) is 1.63. The fraction of sp³-hybridized carbons (Fsp3) is 0.333. The van der Waals surface area contributed by atoms with Crippen LogP contribution in [-0.2, 0) is 4.79 Å². The van der Waals surface area contributed by atoms with Crippen molar-refractivity contribution in [3.05, 3.63) is 28.2 Å². The van der Waals surface area contributed by atoms with E-state index >= 15 is 0 Å². The fourth-order valence-electron chi connectivity index (χ4n) is 1.71. The number of carbonyl (C=O) groups excluding carboxylic acids is 1. The number of halogens is 2. The molecule has 7 heteroatoms. The van der Waals surface area contributed by atoms with E-state index < -0.39 is 18.0 Å². The van der Waals surface area contributed by atoms with Crippen LogP contribution in [0.4, 0.5) is 10.5 Å². The number of rotatable bonds is 4. The van der Waals surface area contributed by atoms with E-state index in [0.29, 0.717) is 10.7 Å². The largest absolute Gasteiger partial charge is 0.480 e. The van der Waals surface area contributed by atoms with Gasteiger partial charge in [-0.15, -0.1) is 0 Å². The van der Waals surface area contributed by atoms with Crippen molar-refractivity contribution in [3.8, 4) is 0 Å². The van der Waals surface area contributed by atoms with Crippen molar-refractivity contribution in [3.63, 3.8) is 0 Å². The highest BCUT2D eigenvalue weighted by molar-refractivity contribution is 6.43. The minimum atomic E-state index is -1.03. The Balaban J connectivity index is 2.00. The molecule has 0 aliphatic heterocycles. The van der Waals surface area contributed by atoms with E-state index in [1.165, 1.54) is 0 Å². The number of carboxylic acids is 1. The Morgan fingerprint density at radius 1 is 1.32 bits per heavy atom. The third kappa shape index (κ3) is 3.52. The Morgan fingerprint density at radius 3 is 2.58 bits per heavy atom. The minimum Gasteiger partial charge on any atom is -0.480 e. The maximum atomic E-state index is 11.7. The van der Waals surface area contributed by atoms with Crippen LogP contribution in [0.3, 0.4) is 0 Å². The summed E-state index contributed by atoms with van der Waals surface area (Å²) in [5, 5.41) is 14.5. The first-order valence-electron chi connectivity index (χ1n) is 5.73.